The van der Waals surface area contributed by atoms with Crippen molar-refractivity contribution in [2.45, 2.75) is 52.5 Å². The molecule has 0 heterocycles. The second-order valence-electron chi connectivity index (χ2n) is 7.03. The molecule has 1 aromatic rings. The van der Waals surface area contributed by atoms with E-state index in [1.54, 1.807) is 17.9 Å². The van der Waals surface area contributed by atoms with Gasteiger partial charge in [0.1, 0.15) is 0 Å². The summed E-state index contributed by atoms with van der Waals surface area (Å²) in [5, 5.41) is 0. The number of nitrogens with zero attached hydrogens (tertiary/aromatic N) is 1. The Bertz CT molecular complexity index is 615. The third-order valence-electron chi connectivity index (χ3n) is 4.45. The van der Waals surface area contributed by atoms with Crippen molar-refractivity contribution in [1.29, 1.82) is 0 Å². The maximum Gasteiger partial charge on any atom is 0.310 e. The van der Waals surface area contributed by atoms with Crippen molar-refractivity contribution >= 4 is 18.0 Å². The van der Waals surface area contributed by atoms with Crippen LogP contribution >= 0.6 is 0 Å². The van der Waals surface area contributed by atoms with Crippen LogP contribution in [0.25, 0.3) is 6.08 Å². The average Bonchev–Trinajstić information content (AvgIpc) is 3.42. The van der Waals surface area contributed by atoms with Gasteiger partial charge in [0.25, 0.3) is 0 Å². The van der Waals surface area contributed by atoms with Crippen LogP contribution in [0.1, 0.15) is 57.6 Å². The summed E-state index contributed by atoms with van der Waals surface area (Å²) >= 11 is 0. The molecule has 0 spiro atoms. The minimum Gasteiger partial charge on any atom is -0.466 e. The van der Waals surface area contributed by atoms with Gasteiger partial charge in [-0.15, -0.1) is 0 Å². The Kier molecular flexibility index (Phi) is 6.80. The summed E-state index contributed by atoms with van der Waals surface area (Å²) in [5.41, 5.74) is 2.29. The molecule has 1 fully saturated rings. The summed E-state index contributed by atoms with van der Waals surface area (Å²) in [7, 11) is 0. The zero-order chi connectivity index (χ0) is 18.4. The van der Waals surface area contributed by atoms with E-state index in [0.717, 1.165) is 18.4 Å². The van der Waals surface area contributed by atoms with Gasteiger partial charge in [-0.3, -0.25) is 9.59 Å². The number of ether oxygens (including phenoxy) is 1. The molecule has 0 saturated heterocycles. The van der Waals surface area contributed by atoms with Crippen LogP contribution in [0.3, 0.4) is 0 Å². The van der Waals surface area contributed by atoms with Gasteiger partial charge in [0.05, 0.1) is 12.5 Å². The number of benzene rings is 1. The molecule has 0 radical (unpaired) electrons. The van der Waals surface area contributed by atoms with E-state index in [0.29, 0.717) is 19.1 Å². The molecule has 2 rings (SSSR count). The summed E-state index contributed by atoms with van der Waals surface area (Å²) in [6.45, 7) is 8.71. The van der Waals surface area contributed by atoms with Gasteiger partial charge < -0.3 is 9.64 Å². The van der Waals surface area contributed by atoms with Crippen LogP contribution in [0.4, 0.5) is 0 Å². The minimum atomic E-state index is -0.303. The van der Waals surface area contributed by atoms with E-state index < -0.39 is 0 Å². The monoisotopic (exact) mass is 343 g/mol. The highest BCUT2D eigenvalue weighted by Crippen LogP contribution is 2.28. The SMILES string of the molecule is CCOC(=O)C(C)CN(C(=O)/C=C/c1ccc(C(C)C)cc1)C1CC1. The summed E-state index contributed by atoms with van der Waals surface area (Å²) < 4.78 is 5.05. The molecule has 25 heavy (non-hydrogen) atoms. The lowest BCUT2D eigenvalue weighted by atomic mass is 10.0. The third-order valence-corrected chi connectivity index (χ3v) is 4.45. The Labute approximate surface area is 150 Å². The fraction of sp³-hybridized carbons (Fsp3) is 0.524. The highest BCUT2D eigenvalue weighted by atomic mass is 16.5. The highest BCUT2D eigenvalue weighted by molar-refractivity contribution is 5.92. The number of hydrogen-bond donors (Lipinski definition) is 0. The molecule has 0 bridgehead atoms. The van der Waals surface area contributed by atoms with E-state index in [4.69, 9.17) is 4.74 Å². The van der Waals surface area contributed by atoms with Gasteiger partial charge >= 0.3 is 5.97 Å². The van der Waals surface area contributed by atoms with Crippen molar-refractivity contribution in [2.75, 3.05) is 13.2 Å². The molecule has 1 atom stereocenters. The molecule has 4 heteroatoms. The topological polar surface area (TPSA) is 46.6 Å². The first-order valence-corrected chi connectivity index (χ1v) is 9.17. The maximum absolute atomic E-state index is 12.6. The average molecular weight is 343 g/mol. The molecule has 1 aromatic carbocycles. The fourth-order valence-corrected chi connectivity index (χ4v) is 2.71. The summed E-state index contributed by atoms with van der Waals surface area (Å²) in [5.74, 6) is -0.0848. The summed E-state index contributed by atoms with van der Waals surface area (Å²) in [4.78, 5) is 26.2. The molecule has 136 valence electrons. The molecule has 4 nitrogen and oxygen atoms in total. The molecular weight excluding hydrogens is 314 g/mol. The van der Waals surface area contributed by atoms with E-state index in [-0.39, 0.29) is 23.8 Å². The van der Waals surface area contributed by atoms with Crippen LogP contribution < -0.4 is 0 Å². The third kappa shape index (κ3) is 5.73. The molecular formula is C21H29NO3. The number of esters is 1. The van der Waals surface area contributed by atoms with E-state index in [2.05, 4.69) is 26.0 Å². The highest BCUT2D eigenvalue weighted by Gasteiger charge is 2.33. The van der Waals surface area contributed by atoms with Crippen molar-refractivity contribution in [2.24, 2.45) is 5.92 Å². The molecule has 1 unspecified atom stereocenters. The number of hydrogen-bond acceptors (Lipinski definition) is 3. The predicted molar refractivity (Wildman–Crippen MR) is 100 cm³/mol. The van der Waals surface area contributed by atoms with Crippen LogP contribution in [-0.2, 0) is 14.3 Å². The molecule has 0 aliphatic heterocycles. The van der Waals surface area contributed by atoms with Crippen LogP contribution in [0.15, 0.2) is 30.3 Å². The number of carbonyl (C=O) groups is 2. The first kappa shape index (κ1) is 19.2. The predicted octanol–water partition coefficient (Wildman–Crippen LogP) is 4.01. The van der Waals surface area contributed by atoms with Crippen LogP contribution in [0.2, 0.25) is 0 Å². The lowest BCUT2D eigenvalue weighted by molar-refractivity contribution is -0.148. The Morgan fingerprint density at radius 3 is 2.36 bits per heavy atom. The molecule has 0 aromatic heterocycles. The van der Waals surface area contributed by atoms with E-state index >= 15 is 0 Å². The van der Waals surface area contributed by atoms with Crippen LogP contribution in [0.5, 0.6) is 0 Å². The smallest absolute Gasteiger partial charge is 0.310 e. The first-order chi connectivity index (χ1) is 11.9. The van der Waals surface area contributed by atoms with Crippen molar-refractivity contribution in [3.05, 3.63) is 41.5 Å². The standard InChI is InChI=1S/C21H29NO3/c1-5-25-21(24)16(4)14-22(19-11-12-19)20(23)13-8-17-6-9-18(10-7-17)15(2)3/h6-10,13,15-16,19H,5,11-12,14H2,1-4H3/b13-8+. The zero-order valence-electron chi connectivity index (χ0n) is 15.7. The van der Waals surface area contributed by atoms with Crippen molar-refractivity contribution in [3.63, 3.8) is 0 Å². The zero-order valence-corrected chi connectivity index (χ0v) is 15.7. The van der Waals surface area contributed by atoms with Crippen molar-refractivity contribution < 1.29 is 14.3 Å². The Morgan fingerprint density at radius 2 is 1.84 bits per heavy atom. The molecule has 0 N–H and O–H groups in total. The largest absolute Gasteiger partial charge is 0.466 e. The molecule has 1 amide bonds. The van der Waals surface area contributed by atoms with Gasteiger partial charge in [0.2, 0.25) is 5.91 Å². The van der Waals surface area contributed by atoms with Gasteiger partial charge in [0, 0.05) is 18.7 Å². The van der Waals surface area contributed by atoms with E-state index in [9.17, 15) is 9.59 Å². The van der Waals surface area contributed by atoms with Gasteiger partial charge in [-0.2, -0.15) is 0 Å². The number of carbonyl (C=O) groups excluding carboxylic acids is 2. The van der Waals surface area contributed by atoms with Crippen molar-refractivity contribution in [3.8, 4) is 0 Å². The quantitative estimate of drug-likeness (QED) is 0.529. The van der Waals surface area contributed by atoms with Crippen LogP contribution in [0, 0.1) is 5.92 Å². The second kappa shape index (κ2) is 8.84. The normalized spacial score (nSPS) is 15.4. The minimum absolute atomic E-state index is 0.0356. The van der Waals surface area contributed by atoms with Crippen LogP contribution in [-0.4, -0.2) is 36.0 Å². The molecule has 1 aliphatic rings. The molecule has 1 aliphatic carbocycles. The lowest BCUT2D eigenvalue weighted by Gasteiger charge is -2.23. The molecule has 1 saturated carbocycles. The van der Waals surface area contributed by atoms with E-state index in [1.165, 1.54) is 5.56 Å². The summed E-state index contributed by atoms with van der Waals surface area (Å²) in [6, 6.07) is 8.51. The fourth-order valence-electron chi connectivity index (χ4n) is 2.71. The van der Waals surface area contributed by atoms with Gasteiger partial charge in [-0.1, -0.05) is 45.0 Å². The van der Waals surface area contributed by atoms with Gasteiger partial charge in [0.15, 0.2) is 0 Å². The van der Waals surface area contributed by atoms with Gasteiger partial charge in [-0.25, -0.2) is 0 Å². The van der Waals surface area contributed by atoms with Crippen molar-refractivity contribution in [1.82, 2.24) is 4.90 Å². The summed E-state index contributed by atoms with van der Waals surface area (Å²) in [6.07, 6.45) is 5.48. The lowest BCUT2D eigenvalue weighted by Crippen LogP contribution is -2.38. The second-order valence-corrected chi connectivity index (χ2v) is 7.03. The van der Waals surface area contributed by atoms with E-state index in [1.807, 2.05) is 25.1 Å². The Balaban J connectivity index is 1.99. The number of rotatable bonds is 8. The number of amides is 1. The maximum atomic E-state index is 12.6. The Morgan fingerprint density at radius 1 is 1.20 bits per heavy atom. The first-order valence-electron chi connectivity index (χ1n) is 9.17. The van der Waals surface area contributed by atoms with Gasteiger partial charge in [-0.05, 0) is 42.9 Å². The Hall–Kier alpha value is -2.10.